The standard InChI is InChI=1S/C20H25NO4/c1-4-13-24-16-9-11-17(12-10-16)25-14-20(22)21-15(2)18-7-5-6-8-19(18)23-3/h5-12,15H,4,13-14H2,1-3H3,(H,21,22). The number of benzene rings is 2. The van der Waals surface area contributed by atoms with Crippen molar-refractivity contribution in [1.82, 2.24) is 5.32 Å². The second kappa shape index (κ2) is 9.57. The van der Waals surface area contributed by atoms with Gasteiger partial charge < -0.3 is 19.5 Å². The molecule has 2 aromatic carbocycles. The van der Waals surface area contributed by atoms with E-state index in [4.69, 9.17) is 14.2 Å². The topological polar surface area (TPSA) is 56.8 Å². The highest BCUT2D eigenvalue weighted by atomic mass is 16.5. The number of amides is 1. The molecule has 0 saturated heterocycles. The fraction of sp³-hybridized carbons (Fsp3) is 0.350. The molecule has 0 radical (unpaired) electrons. The van der Waals surface area contributed by atoms with E-state index in [1.807, 2.05) is 43.3 Å². The van der Waals surface area contributed by atoms with Gasteiger partial charge in [0.15, 0.2) is 6.61 Å². The fourth-order valence-corrected chi connectivity index (χ4v) is 2.39. The zero-order valence-corrected chi connectivity index (χ0v) is 15.0. The monoisotopic (exact) mass is 343 g/mol. The van der Waals surface area contributed by atoms with Gasteiger partial charge in [-0.1, -0.05) is 25.1 Å². The van der Waals surface area contributed by atoms with Crippen LogP contribution in [-0.2, 0) is 4.79 Å². The molecule has 0 bridgehead atoms. The van der Waals surface area contributed by atoms with E-state index in [1.165, 1.54) is 0 Å². The van der Waals surface area contributed by atoms with Gasteiger partial charge in [0.05, 0.1) is 19.8 Å². The van der Waals surface area contributed by atoms with Gasteiger partial charge in [0.1, 0.15) is 17.2 Å². The second-order valence-corrected chi connectivity index (χ2v) is 5.64. The Morgan fingerprint density at radius 1 is 1.04 bits per heavy atom. The van der Waals surface area contributed by atoms with E-state index >= 15 is 0 Å². The molecule has 5 nitrogen and oxygen atoms in total. The third kappa shape index (κ3) is 5.71. The molecule has 5 heteroatoms. The Bertz CT molecular complexity index is 670. The first-order valence-corrected chi connectivity index (χ1v) is 8.42. The highest BCUT2D eigenvalue weighted by molar-refractivity contribution is 5.78. The summed E-state index contributed by atoms with van der Waals surface area (Å²) in [4.78, 5) is 12.1. The van der Waals surface area contributed by atoms with Gasteiger partial charge in [0.2, 0.25) is 0 Å². The van der Waals surface area contributed by atoms with Crippen LogP contribution in [0.2, 0.25) is 0 Å². The lowest BCUT2D eigenvalue weighted by atomic mass is 10.1. The number of ether oxygens (including phenoxy) is 3. The maximum atomic E-state index is 12.1. The molecule has 1 amide bonds. The van der Waals surface area contributed by atoms with Crippen LogP contribution in [0.3, 0.4) is 0 Å². The number of para-hydroxylation sites is 1. The SMILES string of the molecule is CCCOc1ccc(OCC(=O)NC(C)c2ccccc2OC)cc1. The Morgan fingerprint density at radius 2 is 1.68 bits per heavy atom. The Kier molecular flexibility index (Phi) is 7.14. The normalized spacial score (nSPS) is 11.5. The summed E-state index contributed by atoms with van der Waals surface area (Å²) < 4.78 is 16.4. The third-order valence-corrected chi connectivity index (χ3v) is 3.65. The van der Waals surface area contributed by atoms with Crippen molar-refractivity contribution in [2.24, 2.45) is 0 Å². The molecule has 0 spiro atoms. The minimum absolute atomic E-state index is 0.0470. The van der Waals surface area contributed by atoms with E-state index < -0.39 is 0 Å². The van der Waals surface area contributed by atoms with E-state index in [2.05, 4.69) is 12.2 Å². The highest BCUT2D eigenvalue weighted by Gasteiger charge is 2.13. The van der Waals surface area contributed by atoms with E-state index in [0.717, 1.165) is 23.5 Å². The first-order valence-electron chi connectivity index (χ1n) is 8.42. The summed E-state index contributed by atoms with van der Waals surface area (Å²) in [5, 5.41) is 2.91. The molecule has 0 aliphatic carbocycles. The smallest absolute Gasteiger partial charge is 0.258 e. The molecule has 1 unspecified atom stereocenters. The average Bonchev–Trinajstić information content (AvgIpc) is 2.65. The van der Waals surface area contributed by atoms with Crippen molar-refractivity contribution in [2.75, 3.05) is 20.3 Å². The molecule has 134 valence electrons. The zero-order chi connectivity index (χ0) is 18.1. The summed E-state index contributed by atoms with van der Waals surface area (Å²) in [6.45, 7) is 4.61. The molecule has 2 rings (SSSR count). The predicted molar refractivity (Wildman–Crippen MR) is 97.3 cm³/mol. The molecule has 0 saturated carbocycles. The number of nitrogens with one attached hydrogen (secondary N) is 1. The van der Waals surface area contributed by atoms with Crippen LogP contribution in [0.1, 0.15) is 31.9 Å². The summed E-state index contributed by atoms with van der Waals surface area (Å²) in [6, 6.07) is 14.7. The number of carbonyl (C=O) groups is 1. The van der Waals surface area contributed by atoms with Gasteiger partial charge in [-0.3, -0.25) is 4.79 Å². The molecular weight excluding hydrogens is 318 g/mol. The van der Waals surface area contributed by atoms with Crippen LogP contribution in [0, 0.1) is 0 Å². The van der Waals surface area contributed by atoms with Crippen molar-refractivity contribution in [1.29, 1.82) is 0 Å². The first kappa shape index (κ1) is 18.6. The Labute approximate surface area is 148 Å². The van der Waals surface area contributed by atoms with Gasteiger partial charge in [-0.2, -0.15) is 0 Å². The van der Waals surface area contributed by atoms with E-state index in [-0.39, 0.29) is 18.6 Å². The van der Waals surface area contributed by atoms with Crippen LogP contribution in [0.15, 0.2) is 48.5 Å². The van der Waals surface area contributed by atoms with Gasteiger partial charge in [0.25, 0.3) is 5.91 Å². The lowest BCUT2D eigenvalue weighted by molar-refractivity contribution is -0.123. The molecule has 0 heterocycles. The summed E-state index contributed by atoms with van der Waals surface area (Å²) in [5.41, 5.74) is 0.927. The highest BCUT2D eigenvalue weighted by Crippen LogP contribution is 2.24. The predicted octanol–water partition coefficient (Wildman–Crippen LogP) is 3.74. The minimum atomic E-state index is -0.190. The number of hydrogen-bond acceptors (Lipinski definition) is 4. The lowest BCUT2D eigenvalue weighted by Crippen LogP contribution is -2.31. The molecular formula is C20H25NO4. The average molecular weight is 343 g/mol. The van der Waals surface area contributed by atoms with Gasteiger partial charge in [-0.15, -0.1) is 0 Å². The number of carbonyl (C=O) groups excluding carboxylic acids is 1. The van der Waals surface area contributed by atoms with Crippen LogP contribution >= 0.6 is 0 Å². The van der Waals surface area contributed by atoms with Crippen molar-refractivity contribution in [3.63, 3.8) is 0 Å². The van der Waals surface area contributed by atoms with Crippen LogP contribution in [-0.4, -0.2) is 26.2 Å². The number of methoxy groups -OCH3 is 1. The third-order valence-electron chi connectivity index (χ3n) is 3.65. The number of hydrogen-bond donors (Lipinski definition) is 1. The first-order chi connectivity index (χ1) is 12.1. The lowest BCUT2D eigenvalue weighted by Gasteiger charge is -2.17. The van der Waals surface area contributed by atoms with Gasteiger partial charge in [0, 0.05) is 5.56 Å². The summed E-state index contributed by atoms with van der Waals surface area (Å²) in [5.74, 6) is 1.98. The molecule has 0 aliphatic heterocycles. The van der Waals surface area contributed by atoms with E-state index in [0.29, 0.717) is 12.4 Å². The number of rotatable bonds is 9. The van der Waals surface area contributed by atoms with Crippen molar-refractivity contribution in [3.05, 3.63) is 54.1 Å². The van der Waals surface area contributed by atoms with E-state index in [1.54, 1.807) is 19.2 Å². The molecule has 1 N–H and O–H groups in total. The summed E-state index contributed by atoms with van der Waals surface area (Å²) >= 11 is 0. The molecule has 1 atom stereocenters. The van der Waals surface area contributed by atoms with Crippen LogP contribution in [0.4, 0.5) is 0 Å². The maximum Gasteiger partial charge on any atom is 0.258 e. The van der Waals surface area contributed by atoms with Crippen molar-refractivity contribution >= 4 is 5.91 Å². The maximum absolute atomic E-state index is 12.1. The van der Waals surface area contributed by atoms with Crippen molar-refractivity contribution in [2.45, 2.75) is 26.3 Å². The second-order valence-electron chi connectivity index (χ2n) is 5.64. The Balaban J connectivity index is 1.84. The molecule has 0 fully saturated rings. The summed E-state index contributed by atoms with van der Waals surface area (Å²) in [7, 11) is 1.62. The Morgan fingerprint density at radius 3 is 2.32 bits per heavy atom. The van der Waals surface area contributed by atoms with Gasteiger partial charge in [-0.25, -0.2) is 0 Å². The minimum Gasteiger partial charge on any atom is -0.496 e. The van der Waals surface area contributed by atoms with Crippen LogP contribution in [0.25, 0.3) is 0 Å². The molecule has 0 aromatic heterocycles. The zero-order valence-electron chi connectivity index (χ0n) is 15.0. The fourth-order valence-electron chi connectivity index (χ4n) is 2.39. The van der Waals surface area contributed by atoms with Crippen LogP contribution in [0.5, 0.6) is 17.2 Å². The molecule has 2 aromatic rings. The summed E-state index contributed by atoms with van der Waals surface area (Å²) in [6.07, 6.45) is 0.961. The quantitative estimate of drug-likeness (QED) is 0.753. The largest absolute Gasteiger partial charge is 0.496 e. The van der Waals surface area contributed by atoms with Crippen molar-refractivity contribution < 1.29 is 19.0 Å². The Hall–Kier alpha value is -2.69. The van der Waals surface area contributed by atoms with Gasteiger partial charge >= 0.3 is 0 Å². The van der Waals surface area contributed by atoms with Gasteiger partial charge in [-0.05, 0) is 43.7 Å². The molecule has 0 aliphatic rings. The molecule has 25 heavy (non-hydrogen) atoms. The van der Waals surface area contributed by atoms with E-state index in [9.17, 15) is 4.79 Å². The van der Waals surface area contributed by atoms with Crippen LogP contribution < -0.4 is 19.5 Å². The van der Waals surface area contributed by atoms with Crippen molar-refractivity contribution in [3.8, 4) is 17.2 Å².